The van der Waals surface area contributed by atoms with Crippen LogP contribution in [0.25, 0.3) is 0 Å². The molecule has 2 amide bonds. The minimum absolute atomic E-state index is 0.217. The second-order valence-corrected chi connectivity index (χ2v) is 7.27. The van der Waals surface area contributed by atoms with E-state index >= 15 is 0 Å². The van der Waals surface area contributed by atoms with Crippen LogP contribution in [-0.2, 0) is 4.79 Å². The van der Waals surface area contributed by atoms with Crippen molar-refractivity contribution < 1.29 is 23.8 Å². The van der Waals surface area contributed by atoms with Gasteiger partial charge in [0.05, 0.1) is 35.6 Å². The van der Waals surface area contributed by atoms with Crippen LogP contribution in [0, 0.1) is 0 Å². The topological polar surface area (TPSA) is 85.9 Å². The van der Waals surface area contributed by atoms with Gasteiger partial charge in [0, 0.05) is 17.7 Å². The van der Waals surface area contributed by atoms with Crippen LogP contribution in [-0.4, -0.2) is 32.6 Å². The number of methoxy groups -OCH3 is 2. The largest absolute Gasteiger partial charge is 0.494 e. The lowest BCUT2D eigenvalue weighted by molar-refractivity contribution is -0.118. The van der Waals surface area contributed by atoms with Gasteiger partial charge in [0.15, 0.2) is 12.4 Å². The van der Waals surface area contributed by atoms with Crippen molar-refractivity contribution in [1.82, 2.24) is 0 Å². The summed E-state index contributed by atoms with van der Waals surface area (Å²) >= 11 is 12.1. The predicted octanol–water partition coefficient (Wildman–Crippen LogP) is 5.28. The summed E-state index contributed by atoms with van der Waals surface area (Å²) in [5.74, 6) is 0.0865. The number of nitrogens with one attached hydrogen (secondary N) is 2. The molecular formula is C23H20Cl2N2O5. The standard InChI is InChI=1S/C23H20Cl2N2O5/c1-30-19-12-18(27-23(29)14-7-4-3-5-8-14)20(31-2)11-17(19)26-21(28)13-32-22-15(24)9-6-10-16(22)25/h3-12H,13H2,1-2H3,(H,26,28)(H,27,29). The molecule has 0 unspecified atom stereocenters. The molecular weight excluding hydrogens is 455 g/mol. The maximum atomic E-state index is 12.5. The fourth-order valence-electron chi connectivity index (χ4n) is 2.82. The Morgan fingerprint density at radius 1 is 0.812 bits per heavy atom. The number of ether oxygens (including phenoxy) is 3. The molecule has 0 aromatic heterocycles. The highest BCUT2D eigenvalue weighted by Gasteiger charge is 2.17. The number of rotatable bonds is 8. The average molecular weight is 475 g/mol. The maximum absolute atomic E-state index is 12.5. The number of benzene rings is 3. The SMILES string of the molecule is COc1cc(NC(=O)c2ccccc2)c(OC)cc1NC(=O)COc1c(Cl)cccc1Cl. The van der Waals surface area contributed by atoms with Crippen LogP contribution in [0.4, 0.5) is 11.4 Å². The molecule has 0 aliphatic heterocycles. The highest BCUT2D eigenvalue weighted by Crippen LogP contribution is 2.37. The minimum Gasteiger partial charge on any atom is -0.494 e. The molecule has 9 heteroatoms. The molecule has 3 aromatic rings. The first-order valence-corrected chi connectivity index (χ1v) is 10.2. The Morgan fingerprint density at radius 2 is 1.38 bits per heavy atom. The molecule has 3 rings (SSSR count). The van der Waals surface area contributed by atoms with Crippen molar-refractivity contribution >= 4 is 46.4 Å². The van der Waals surface area contributed by atoms with Gasteiger partial charge in [0.2, 0.25) is 0 Å². The molecule has 0 radical (unpaired) electrons. The summed E-state index contributed by atoms with van der Waals surface area (Å²) in [6, 6.07) is 16.7. The summed E-state index contributed by atoms with van der Waals surface area (Å²) in [6.07, 6.45) is 0. The average Bonchev–Trinajstić information content (AvgIpc) is 2.79. The smallest absolute Gasteiger partial charge is 0.262 e. The van der Waals surface area contributed by atoms with E-state index in [1.165, 1.54) is 14.2 Å². The van der Waals surface area contributed by atoms with Gasteiger partial charge in [0.1, 0.15) is 11.5 Å². The Morgan fingerprint density at radius 3 is 1.94 bits per heavy atom. The summed E-state index contributed by atoms with van der Waals surface area (Å²) in [5.41, 5.74) is 1.21. The minimum atomic E-state index is -0.470. The van der Waals surface area contributed by atoms with Gasteiger partial charge in [-0.25, -0.2) is 0 Å². The molecule has 0 saturated heterocycles. The molecule has 7 nitrogen and oxygen atoms in total. The van der Waals surface area contributed by atoms with E-state index in [9.17, 15) is 9.59 Å². The molecule has 0 aliphatic carbocycles. The van der Waals surface area contributed by atoms with Crippen molar-refractivity contribution in [3.8, 4) is 17.2 Å². The Balaban J connectivity index is 1.75. The Labute approximate surface area is 195 Å². The molecule has 0 atom stereocenters. The van der Waals surface area contributed by atoms with Crippen molar-refractivity contribution in [2.45, 2.75) is 0 Å². The van der Waals surface area contributed by atoms with E-state index in [1.807, 2.05) is 6.07 Å². The third-order valence-electron chi connectivity index (χ3n) is 4.35. The number of hydrogen-bond donors (Lipinski definition) is 2. The summed E-state index contributed by atoms with van der Waals surface area (Å²) in [7, 11) is 2.90. The fraction of sp³-hybridized carbons (Fsp3) is 0.130. The number of carbonyl (C=O) groups is 2. The number of halogens is 2. The van der Waals surface area contributed by atoms with Crippen LogP contribution in [0.15, 0.2) is 60.7 Å². The monoisotopic (exact) mass is 474 g/mol. The van der Waals surface area contributed by atoms with Gasteiger partial charge in [-0.1, -0.05) is 47.5 Å². The first kappa shape index (κ1) is 23.2. The molecule has 3 aromatic carbocycles. The third-order valence-corrected chi connectivity index (χ3v) is 4.94. The number of anilines is 2. The summed E-state index contributed by atoms with van der Waals surface area (Å²) in [5, 5.41) is 6.06. The van der Waals surface area contributed by atoms with Crippen molar-refractivity contribution in [3.63, 3.8) is 0 Å². The normalized spacial score (nSPS) is 10.2. The second kappa shape index (κ2) is 10.7. The number of para-hydroxylation sites is 1. The van der Waals surface area contributed by atoms with Gasteiger partial charge < -0.3 is 24.8 Å². The van der Waals surface area contributed by atoms with Gasteiger partial charge in [-0.15, -0.1) is 0 Å². The Bertz CT molecular complexity index is 1100. The van der Waals surface area contributed by atoms with Crippen LogP contribution in [0.5, 0.6) is 17.2 Å². The van der Waals surface area contributed by atoms with E-state index in [1.54, 1.807) is 54.6 Å². The van der Waals surface area contributed by atoms with E-state index < -0.39 is 5.91 Å². The zero-order valence-electron chi connectivity index (χ0n) is 17.3. The zero-order valence-corrected chi connectivity index (χ0v) is 18.8. The van der Waals surface area contributed by atoms with Gasteiger partial charge >= 0.3 is 0 Å². The number of hydrogen-bond acceptors (Lipinski definition) is 5. The lowest BCUT2D eigenvalue weighted by Crippen LogP contribution is -2.21. The maximum Gasteiger partial charge on any atom is 0.262 e. The summed E-state index contributed by atoms with van der Waals surface area (Å²) < 4.78 is 16.2. The van der Waals surface area contributed by atoms with Crippen LogP contribution >= 0.6 is 23.2 Å². The van der Waals surface area contributed by atoms with Crippen molar-refractivity contribution in [3.05, 3.63) is 76.3 Å². The highest BCUT2D eigenvalue weighted by molar-refractivity contribution is 6.37. The highest BCUT2D eigenvalue weighted by atomic mass is 35.5. The van der Waals surface area contributed by atoms with Gasteiger partial charge in [-0.05, 0) is 24.3 Å². The fourth-order valence-corrected chi connectivity index (χ4v) is 3.33. The van der Waals surface area contributed by atoms with Crippen LogP contribution < -0.4 is 24.8 Å². The molecule has 166 valence electrons. The van der Waals surface area contributed by atoms with Crippen molar-refractivity contribution in [2.75, 3.05) is 31.5 Å². The van der Waals surface area contributed by atoms with E-state index in [0.29, 0.717) is 38.5 Å². The molecule has 0 aliphatic rings. The van der Waals surface area contributed by atoms with Gasteiger partial charge in [-0.3, -0.25) is 9.59 Å². The quantitative estimate of drug-likeness (QED) is 0.463. The molecule has 0 heterocycles. The van der Waals surface area contributed by atoms with Gasteiger partial charge in [0.25, 0.3) is 11.8 Å². The molecule has 0 bridgehead atoms. The zero-order chi connectivity index (χ0) is 23.1. The number of carbonyl (C=O) groups excluding carboxylic acids is 2. The molecule has 0 spiro atoms. The first-order chi connectivity index (χ1) is 15.4. The summed E-state index contributed by atoms with van der Waals surface area (Å²) in [6.45, 7) is -0.332. The summed E-state index contributed by atoms with van der Waals surface area (Å²) in [4.78, 5) is 24.9. The predicted molar refractivity (Wildman–Crippen MR) is 125 cm³/mol. The van der Waals surface area contributed by atoms with Crippen molar-refractivity contribution in [2.24, 2.45) is 0 Å². The lowest BCUT2D eigenvalue weighted by atomic mass is 10.2. The van der Waals surface area contributed by atoms with E-state index in [2.05, 4.69) is 10.6 Å². The van der Waals surface area contributed by atoms with Crippen LogP contribution in [0.3, 0.4) is 0 Å². The number of amides is 2. The first-order valence-electron chi connectivity index (χ1n) is 9.42. The van der Waals surface area contributed by atoms with E-state index in [-0.39, 0.29) is 18.3 Å². The van der Waals surface area contributed by atoms with E-state index in [0.717, 1.165) is 0 Å². The molecule has 32 heavy (non-hydrogen) atoms. The second-order valence-electron chi connectivity index (χ2n) is 6.46. The Kier molecular flexibility index (Phi) is 7.81. The van der Waals surface area contributed by atoms with Crippen molar-refractivity contribution in [1.29, 1.82) is 0 Å². The molecule has 2 N–H and O–H groups in total. The third kappa shape index (κ3) is 5.63. The van der Waals surface area contributed by atoms with Gasteiger partial charge in [-0.2, -0.15) is 0 Å². The Hall–Kier alpha value is -3.42. The molecule has 0 saturated carbocycles. The molecule has 0 fully saturated rings. The van der Waals surface area contributed by atoms with Crippen LogP contribution in [0.1, 0.15) is 10.4 Å². The van der Waals surface area contributed by atoms with Crippen LogP contribution in [0.2, 0.25) is 10.0 Å². The van der Waals surface area contributed by atoms with E-state index in [4.69, 9.17) is 37.4 Å². The lowest BCUT2D eigenvalue weighted by Gasteiger charge is -2.16.